The van der Waals surface area contributed by atoms with Crippen molar-refractivity contribution in [2.75, 3.05) is 37.7 Å². The first-order valence-electron chi connectivity index (χ1n) is 15.8. The average Bonchev–Trinajstić information content (AvgIpc) is 3.77. The first kappa shape index (κ1) is 29.9. The minimum absolute atomic E-state index is 0.0447. The van der Waals surface area contributed by atoms with Gasteiger partial charge in [0.1, 0.15) is 28.8 Å². The summed E-state index contributed by atoms with van der Waals surface area (Å²) >= 11 is 0. The van der Waals surface area contributed by atoms with Crippen molar-refractivity contribution in [1.29, 1.82) is 0 Å². The maximum Gasteiger partial charge on any atom is 0.326 e. The third kappa shape index (κ3) is 5.70. The molecular weight excluding hydrogens is 595 g/mol. The van der Waals surface area contributed by atoms with Crippen molar-refractivity contribution in [2.24, 2.45) is 0 Å². The molecule has 0 bridgehead atoms. The van der Waals surface area contributed by atoms with Crippen LogP contribution in [0.15, 0.2) is 51.7 Å². The van der Waals surface area contributed by atoms with Crippen LogP contribution < -0.4 is 10.6 Å². The van der Waals surface area contributed by atoms with E-state index in [9.17, 15) is 23.9 Å². The van der Waals surface area contributed by atoms with Crippen LogP contribution in [0.2, 0.25) is 0 Å². The van der Waals surface area contributed by atoms with Crippen molar-refractivity contribution < 1.29 is 28.2 Å². The minimum Gasteiger partial charge on any atom is -0.480 e. The van der Waals surface area contributed by atoms with Gasteiger partial charge in [0.25, 0.3) is 0 Å². The van der Waals surface area contributed by atoms with Gasteiger partial charge < -0.3 is 29.0 Å². The number of rotatable bonds is 10. The molecule has 3 aromatic heterocycles. The van der Waals surface area contributed by atoms with Crippen LogP contribution in [0.3, 0.4) is 0 Å². The molecule has 12 nitrogen and oxygen atoms in total. The molecular formula is C33H35FN6O6. The number of nitrogens with zero attached hydrogens (tertiary/aromatic N) is 5. The van der Waals surface area contributed by atoms with E-state index in [2.05, 4.69) is 4.98 Å². The fourth-order valence-corrected chi connectivity index (χ4v) is 6.78. The van der Waals surface area contributed by atoms with Crippen molar-refractivity contribution in [2.45, 2.75) is 57.0 Å². The van der Waals surface area contributed by atoms with Gasteiger partial charge in [-0.1, -0.05) is 12.1 Å². The summed E-state index contributed by atoms with van der Waals surface area (Å²) in [6.45, 7) is 2.38. The summed E-state index contributed by atoms with van der Waals surface area (Å²) in [5.74, 6) is -0.192. The summed E-state index contributed by atoms with van der Waals surface area (Å²) in [6, 6.07) is 11.1. The highest BCUT2D eigenvalue weighted by molar-refractivity contribution is 6.06. The Hall–Kier alpha value is -4.78. The van der Waals surface area contributed by atoms with Crippen LogP contribution in [-0.2, 0) is 20.7 Å². The van der Waals surface area contributed by atoms with Gasteiger partial charge in [-0.25, -0.2) is 23.9 Å². The van der Waals surface area contributed by atoms with Gasteiger partial charge in [0.2, 0.25) is 5.91 Å². The third-order valence-corrected chi connectivity index (χ3v) is 9.07. The fourth-order valence-electron chi connectivity index (χ4n) is 6.78. The van der Waals surface area contributed by atoms with E-state index in [1.807, 2.05) is 29.2 Å². The number of carbonyl (C=O) groups excluding carboxylic acids is 1. The van der Waals surface area contributed by atoms with E-state index in [-0.39, 0.29) is 17.6 Å². The number of H-pyrrole nitrogens is 1. The van der Waals surface area contributed by atoms with Gasteiger partial charge in [-0.05, 0) is 62.4 Å². The SMILES string of the molecule is O=C(O)[C@@H]1CCCN1c1nc(CCOCCCC(=O)N2CCC(n3c(=O)[nH]c4ccc(F)cc43)CC2)nc2c1oc1ccccc12. The molecule has 2 aromatic carbocycles. The fraction of sp³-hybridized carbons (Fsp3) is 0.424. The topological polar surface area (TPSA) is 147 Å². The van der Waals surface area contributed by atoms with Gasteiger partial charge in [-0.3, -0.25) is 9.36 Å². The lowest BCUT2D eigenvalue weighted by molar-refractivity contribution is -0.138. The molecule has 0 unspecified atom stereocenters. The highest BCUT2D eigenvalue weighted by Crippen LogP contribution is 2.36. The number of aliphatic carboxylic acids is 1. The predicted octanol–water partition coefficient (Wildman–Crippen LogP) is 4.41. The molecule has 1 amide bonds. The van der Waals surface area contributed by atoms with Crippen molar-refractivity contribution in [3.05, 3.63) is 64.6 Å². The monoisotopic (exact) mass is 630 g/mol. The van der Waals surface area contributed by atoms with Crippen LogP contribution in [0.5, 0.6) is 0 Å². The highest BCUT2D eigenvalue weighted by atomic mass is 19.1. The number of piperidine rings is 1. The number of imidazole rings is 1. The molecule has 5 heterocycles. The zero-order chi connectivity index (χ0) is 31.8. The molecule has 46 heavy (non-hydrogen) atoms. The lowest BCUT2D eigenvalue weighted by Crippen LogP contribution is -2.40. The largest absolute Gasteiger partial charge is 0.480 e. The number of likely N-dealkylation sites (tertiary alicyclic amines) is 1. The molecule has 0 spiro atoms. The second-order valence-corrected chi connectivity index (χ2v) is 12.0. The molecule has 2 aliphatic rings. The Morgan fingerprint density at radius 1 is 1.07 bits per heavy atom. The smallest absolute Gasteiger partial charge is 0.326 e. The summed E-state index contributed by atoms with van der Waals surface area (Å²) in [5, 5.41) is 10.6. The maximum atomic E-state index is 13.8. The van der Waals surface area contributed by atoms with Crippen LogP contribution in [-0.4, -0.2) is 80.3 Å². The Balaban J connectivity index is 0.923. The summed E-state index contributed by atoms with van der Waals surface area (Å²) in [6.07, 6.45) is 3.87. The quantitative estimate of drug-likeness (QED) is 0.214. The number of fused-ring (bicyclic) bond motifs is 4. The number of benzene rings is 2. The molecule has 2 saturated heterocycles. The highest BCUT2D eigenvalue weighted by Gasteiger charge is 2.34. The first-order chi connectivity index (χ1) is 22.4. The Morgan fingerprint density at radius 3 is 2.72 bits per heavy atom. The number of hydrogen-bond donors (Lipinski definition) is 2. The molecule has 0 aliphatic carbocycles. The Bertz CT molecular complexity index is 1980. The number of para-hydroxylation sites is 1. The number of anilines is 1. The Labute approximate surface area is 262 Å². The molecule has 2 N–H and O–H groups in total. The van der Waals surface area contributed by atoms with E-state index in [0.29, 0.717) is 111 Å². The van der Waals surface area contributed by atoms with Crippen molar-refractivity contribution in [3.8, 4) is 0 Å². The number of furan rings is 1. The normalized spacial score (nSPS) is 17.5. The first-order valence-corrected chi connectivity index (χ1v) is 15.8. The third-order valence-electron chi connectivity index (χ3n) is 9.07. The van der Waals surface area contributed by atoms with E-state index < -0.39 is 17.8 Å². The van der Waals surface area contributed by atoms with Crippen LogP contribution >= 0.6 is 0 Å². The molecule has 13 heteroatoms. The van der Waals surface area contributed by atoms with Crippen LogP contribution in [0.4, 0.5) is 10.2 Å². The van der Waals surface area contributed by atoms with Crippen LogP contribution in [0, 0.1) is 5.82 Å². The Morgan fingerprint density at radius 2 is 1.89 bits per heavy atom. The van der Waals surface area contributed by atoms with Crippen molar-refractivity contribution >= 4 is 50.8 Å². The molecule has 1 atom stereocenters. The number of carboxylic acid groups (broad SMARTS) is 1. The number of hydrogen-bond acceptors (Lipinski definition) is 8. The van der Waals surface area contributed by atoms with E-state index >= 15 is 0 Å². The lowest BCUT2D eigenvalue weighted by atomic mass is 10.0. The second-order valence-electron chi connectivity index (χ2n) is 12.0. The van der Waals surface area contributed by atoms with Gasteiger partial charge in [-0.2, -0.15) is 0 Å². The van der Waals surface area contributed by atoms with Gasteiger partial charge in [0, 0.05) is 50.5 Å². The lowest BCUT2D eigenvalue weighted by Gasteiger charge is -2.32. The standard InChI is InChI=1S/C33H35FN6O6/c34-20-9-10-23-25(19-20)40(33(44)35-23)21-11-15-38(16-12-21)28(41)8-4-17-45-18-13-27-36-29-22-5-1-2-7-26(22)46-30(29)31(37-27)39-14-3-6-24(39)32(42)43/h1-2,5,7,9-10,19,21,24H,3-4,6,8,11-18H2,(H,35,44)(H,42,43)/t24-/m0/s1. The Kier molecular flexibility index (Phi) is 8.16. The molecule has 2 aliphatic heterocycles. The minimum atomic E-state index is -0.884. The number of ether oxygens (including phenoxy) is 1. The van der Waals surface area contributed by atoms with Gasteiger partial charge in [0.15, 0.2) is 11.4 Å². The summed E-state index contributed by atoms with van der Waals surface area (Å²) in [4.78, 5) is 53.3. The number of carboxylic acids is 1. The molecule has 0 saturated carbocycles. The number of aromatic nitrogens is 4. The van der Waals surface area contributed by atoms with E-state index in [1.54, 1.807) is 15.5 Å². The molecule has 240 valence electrons. The zero-order valence-corrected chi connectivity index (χ0v) is 25.3. The van der Waals surface area contributed by atoms with E-state index in [1.165, 1.54) is 12.1 Å². The van der Waals surface area contributed by atoms with Gasteiger partial charge >= 0.3 is 11.7 Å². The van der Waals surface area contributed by atoms with Gasteiger partial charge in [0.05, 0.1) is 17.6 Å². The number of halogens is 1. The van der Waals surface area contributed by atoms with E-state index in [4.69, 9.17) is 19.1 Å². The number of amides is 1. The zero-order valence-electron chi connectivity index (χ0n) is 25.3. The summed E-state index contributed by atoms with van der Waals surface area (Å²) < 4.78 is 27.4. The maximum absolute atomic E-state index is 13.8. The molecule has 5 aromatic rings. The number of aromatic amines is 1. The van der Waals surface area contributed by atoms with Gasteiger partial charge in [-0.15, -0.1) is 0 Å². The number of carbonyl (C=O) groups is 2. The second kappa shape index (κ2) is 12.5. The van der Waals surface area contributed by atoms with Crippen LogP contribution in [0.1, 0.15) is 50.4 Å². The molecule has 0 radical (unpaired) electrons. The summed E-state index contributed by atoms with van der Waals surface area (Å²) in [7, 11) is 0. The number of nitrogens with one attached hydrogen (secondary N) is 1. The van der Waals surface area contributed by atoms with E-state index in [0.717, 1.165) is 11.8 Å². The average molecular weight is 631 g/mol. The van der Waals surface area contributed by atoms with Crippen molar-refractivity contribution in [3.63, 3.8) is 0 Å². The summed E-state index contributed by atoms with van der Waals surface area (Å²) in [5.41, 5.74) is 2.70. The predicted molar refractivity (Wildman–Crippen MR) is 168 cm³/mol. The molecule has 7 rings (SSSR count). The molecule has 2 fully saturated rings. The van der Waals surface area contributed by atoms with Crippen molar-refractivity contribution in [1.82, 2.24) is 24.4 Å². The van der Waals surface area contributed by atoms with Crippen LogP contribution in [0.25, 0.3) is 33.1 Å².